The zero-order valence-corrected chi connectivity index (χ0v) is 6.22. The lowest BCUT2D eigenvalue weighted by Crippen LogP contribution is -2.23. The second kappa shape index (κ2) is 3.56. The summed E-state index contributed by atoms with van der Waals surface area (Å²) < 4.78 is 0. The summed E-state index contributed by atoms with van der Waals surface area (Å²) in [6.07, 6.45) is 3.05. The minimum Gasteiger partial charge on any atom is -0.274 e. The fourth-order valence-corrected chi connectivity index (χ4v) is 0.778. The molecule has 1 fully saturated rings. The first-order chi connectivity index (χ1) is 4.83. The fourth-order valence-electron chi connectivity index (χ4n) is 0.778. The number of hydrogen-bond donors (Lipinski definition) is 1. The smallest absolute Gasteiger partial charge is 0.243 e. The third-order valence-corrected chi connectivity index (χ3v) is 1.50. The van der Waals surface area contributed by atoms with Crippen LogP contribution in [0, 0.1) is 5.92 Å². The van der Waals surface area contributed by atoms with Gasteiger partial charge in [-0.05, 0) is 25.7 Å². The summed E-state index contributed by atoms with van der Waals surface area (Å²) >= 11 is 0. The third kappa shape index (κ3) is 2.82. The van der Waals surface area contributed by atoms with Crippen LogP contribution >= 0.6 is 0 Å². The Bertz CT molecular complexity index is 121. The molecule has 1 saturated carbocycles. The largest absolute Gasteiger partial charge is 0.274 e. The second-order valence-corrected chi connectivity index (χ2v) is 2.61. The highest BCUT2D eigenvalue weighted by molar-refractivity contribution is 5.75. The van der Waals surface area contributed by atoms with E-state index in [1.807, 2.05) is 6.92 Å². The predicted octanol–water partition coefficient (Wildman–Crippen LogP) is 0.854. The summed E-state index contributed by atoms with van der Waals surface area (Å²) in [5, 5.41) is 0. The van der Waals surface area contributed by atoms with Crippen molar-refractivity contribution in [3.05, 3.63) is 0 Å². The highest BCUT2D eigenvalue weighted by Crippen LogP contribution is 2.31. The minimum absolute atomic E-state index is 0.0179. The van der Waals surface area contributed by atoms with Crippen molar-refractivity contribution in [2.75, 3.05) is 6.61 Å². The molecule has 1 aliphatic carbocycles. The summed E-state index contributed by atoms with van der Waals surface area (Å²) in [5.41, 5.74) is 2.36. The van der Waals surface area contributed by atoms with Gasteiger partial charge in [-0.25, -0.2) is 5.48 Å². The van der Waals surface area contributed by atoms with Gasteiger partial charge in [0.2, 0.25) is 5.91 Å². The lowest BCUT2D eigenvalue weighted by molar-refractivity contribution is -0.133. The van der Waals surface area contributed by atoms with Crippen LogP contribution in [-0.2, 0) is 9.63 Å². The van der Waals surface area contributed by atoms with Crippen molar-refractivity contribution in [1.82, 2.24) is 5.48 Å². The van der Waals surface area contributed by atoms with Gasteiger partial charge >= 0.3 is 0 Å². The topological polar surface area (TPSA) is 38.3 Å². The molecule has 0 radical (unpaired) electrons. The maximum atomic E-state index is 10.8. The van der Waals surface area contributed by atoms with E-state index in [1.165, 1.54) is 12.8 Å². The van der Waals surface area contributed by atoms with Crippen LogP contribution in [0.1, 0.15) is 26.2 Å². The summed E-state index contributed by atoms with van der Waals surface area (Å²) in [6, 6.07) is 0. The lowest BCUT2D eigenvalue weighted by Gasteiger charge is -2.00. The fraction of sp³-hybridized carbons (Fsp3) is 0.857. The van der Waals surface area contributed by atoms with E-state index in [2.05, 4.69) is 5.48 Å². The molecule has 0 bridgehead atoms. The van der Waals surface area contributed by atoms with Crippen molar-refractivity contribution >= 4 is 5.91 Å². The van der Waals surface area contributed by atoms with Crippen LogP contribution < -0.4 is 5.48 Å². The van der Waals surface area contributed by atoms with Crippen molar-refractivity contribution < 1.29 is 9.63 Å². The van der Waals surface area contributed by atoms with E-state index in [0.717, 1.165) is 0 Å². The molecule has 0 aromatic carbocycles. The van der Waals surface area contributed by atoms with Gasteiger partial charge in [0.25, 0.3) is 0 Å². The van der Waals surface area contributed by atoms with E-state index < -0.39 is 0 Å². The molecule has 1 amide bonds. The van der Waals surface area contributed by atoms with Gasteiger partial charge in [0, 0.05) is 6.42 Å². The molecule has 0 spiro atoms. The van der Waals surface area contributed by atoms with E-state index in [-0.39, 0.29) is 5.91 Å². The molecule has 0 aromatic rings. The average molecular weight is 143 g/mol. The molecular weight excluding hydrogens is 130 g/mol. The number of hydroxylamine groups is 1. The van der Waals surface area contributed by atoms with Gasteiger partial charge in [-0.15, -0.1) is 0 Å². The molecule has 3 heteroatoms. The Labute approximate surface area is 60.7 Å². The molecule has 0 atom stereocenters. The number of carbonyl (C=O) groups excluding carboxylic acids is 1. The Kier molecular flexibility index (Phi) is 2.68. The SMILES string of the molecule is CCONC(=O)CC1CC1. The standard InChI is InChI=1S/C7H13NO2/c1-2-10-8-7(9)5-6-3-4-6/h6H,2-5H2,1H3,(H,8,9). The van der Waals surface area contributed by atoms with Gasteiger partial charge in [0.1, 0.15) is 0 Å². The molecular formula is C7H13NO2. The molecule has 1 rings (SSSR count). The van der Waals surface area contributed by atoms with Gasteiger partial charge in [-0.3, -0.25) is 9.63 Å². The van der Waals surface area contributed by atoms with Gasteiger partial charge in [-0.1, -0.05) is 0 Å². The summed E-state index contributed by atoms with van der Waals surface area (Å²) in [5.74, 6) is 0.657. The lowest BCUT2D eigenvalue weighted by atomic mass is 10.3. The molecule has 10 heavy (non-hydrogen) atoms. The molecule has 58 valence electrons. The molecule has 0 saturated heterocycles. The predicted molar refractivity (Wildman–Crippen MR) is 37.1 cm³/mol. The number of carbonyl (C=O) groups is 1. The van der Waals surface area contributed by atoms with Crippen LogP contribution in [0.25, 0.3) is 0 Å². The number of hydrogen-bond acceptors (Lipinski definition) is 2. The van der Waals surface area contributed by atoms with Gasteiger partial charge in [0.05, 0.1) is 6.61 Å². The van der Waals surface area contributed by atoms with Crippen LogP contribution in [0.3, 0.4) is 0 Å². The molecule has 0 aromatic heterocycles. The summed E-state index contributed by atoms with van der Waals surface area (Å²) in [6.45, 7) is 2.38. The first-order valence-corrected chi connectivity index (χ1v) is 3.73. The second-order valence-electron chi connectivity index (χ2n) is 2.61. The summed E-state index contributed by atoms with van der Waals surface area (Å²) in [7, 11) is 0. The van der Waals surface area contributed by atoms with Gasteiger partial charge in [0.15, 0.2) is 0 Å². The van der Waals surface area contributed by atoms with Crippen LogP contribution in [-0.4, -0.2) is 12.5 Å². The van der Waals surface area contributed by atoms with Crippen molar-refractivity contribution in [1.29, 1.82) is 0 Å². The van der Waals surface area contributed by atoms with E-state index in [1.54, 1.807) is 0 Å². The monoisotopic (exact) mass is 143 g/mol. The van der Waals surface area contributed by atoms with Crippen LogP contribution in [0.4, 0.5) is 0 Å². The third-order valence-electron chi connectivity index (χ3n) is 1.50. The Balaban J connectivity index is 1.97. The van der Waals surface area contributed by atoms with E-state index >= 15 is 0 Å². The average Bonchev–Trinajstić information content (AvgIpc) is 2.67. The van der Waals surface area contributed by atoms with Crippen LogP contribution in [0.5, 0.6) is 0 Å². The Morgan fingerprint density at radius 1 is 1.70 bits per heavy atom. The summed E-state index contributed by atoms with van der Waals surface area (Å²) in [4.78, 5) is 15.5. The van der Waals surface area contributed by atoms with Crippen molar-refractivity contribution in [3.8, 4) is 0 Å². The number of amides is 1. The molecule has 0 aliphatic heterocycles. The molecule has 0 unspecified atom stereocenters. The number of rotatable bonds is 4. The maximum Gasteiger partial charge on any atom is 0.243 e. The zero-order chi connectivity index (χ0) is 7.40. The molecule has 1 aliphatic rings. The van der Waals surface area contributed by atoms with Gasteiger partial charge in [-0.2, -0.15) is 0 Å². The molecule has 3 nitrogen and oxygen atoms in total. The minimum atomic E-state index is 0.0179. The van der Waals surface area contributed by atoms with E-state index in [0.29, 0.717) is 18.9 Å². The molecule has 1 N–H and O–H groups in total. The van der Waals surface area contributed by atoms with E-state index in [9.17, 15) is 4.79 Å². The first kappa shape index (κ1) is 7.54. The molecule has 0 heterocycles. The highest BCUT2D eigenvalue weighted by atomic mass is 16.6. The van der Waals surface area contributed by atoms with Crippen molar-refractivity contribution in [2.24, 2.45) is 5.92 Å². The van der Waals surface area contributed by atoms with Crippen LogP contribution in [0.15, 0.2) is 0 Å². The van der Waals surface area contributed by atoms with Crippen molar-refractivity contribution in [3.63, 3.8) is 0 Å². The van der Waals surface area contributed by atoms with Crippen LogP contribution in [0.2, 0.25) is 0 Å². The normalized spacial score (nSPS) is 16.9. The Morgan fingerprint density at radius 2 is 2.40 bits per heavy atom. The van der Waals surface area contributed by atoms with Gasteiger partial charge < -0.3 is 0 Å². The number of nitrogens with one attached hydrogen (secondary N) is 1. The quantitative estimate of drug-likeness (QED) is 0.592. The zero-order valence-electron chi connectivity index (χ0n) is 6.22. The van der Waals surface area contributed by atoms with E-state index in [4.69, 9.17) is 4.84 Å². The highest BCUT2D eigenvalue weighted by Gasteiger charge is 2.24. The van der Waals surface area contributed by atoms with Crippen molar-refractivity contribution in [2.45, 2.75) is 26.2 Å². The Morgan fingerprint density at radius 3 is 2.90 bits per heavy atom. The maximum absolute atomic E-state index is 10.8. The first-order valence-electron chi connectivity index (χ1n) is 3.73. The Hall–Kier alpha value is -0.570.